The average molecular weight is 270 g/mol. The molecule has 0 radical (unpaired) electrons. The van der Waals surface area contributed by atoms with Crippen LogP contribution >= 0.6 is 0 Å². The van der Waals surface area contributed by atoms with Gasteiger partial charge in [-0.1, -0.05) is 29.8 Å². The molecule has 1 aromatic carbocycles. The second-order valence-corrected chi connectivity index (χ2v) is 6.09. The summed E-state index contributed by atoms with van der Waals surface area (Å²) in [6.45, 7) is 0.630. The first-order chi connectivity index (χ1) is 9.81. The van der Waals surface area contributed by atoms with Crippen molar-refractivity contribution in [2.24, 2.45) is 22.9 Å². The number of hydrogen-bond donors (Lipinski definition) is 1. The molecule has 1 amide bonds. The van der Waals surface area contributed by atoms with Crippen molar-refractivity contribution in [3.05, 3.63) is 29.8 Å². The van der Waals surface area contributed by atoms with Crippen LogP contribution in [0.4, 0.5) is 5.69 Å². The zero-order valence-electron chi connectivity index (χ0n) is 11.3. The van der Waals surface area contributed by atoms with Crippen molar-refractivity contribution in [2.75, 3.05) is 11.4 Å². The van der Waals surface area contributed by atoms with Crippen LogP contribution in [0.25, 0.3) is 0 Å². The van der Waals surface area contributed by atoms with Gasteiger partial charge in [0.05, 0.1) is 11.4 Å². The molecule has 2 aliphatic carbocycles. The summed E-state index contributed by atoms with van der Waals surface area (Å²) in [4.78, 5) is 14.7. The number of rotatable bonds is 1. The SMILES string of the molecule is O=C(C1C2CCCC21)N1CC/C(=N/O)c2ccccc21. The zero-order chi connectivity index (χ0) is 13.7. The molecule has 0 saturated heterocycles. The van der Waals surface area contributed by atoms with Crippen molar-refractivity contribution in [3.8, 4) is 0 Å². The summed E-state index contributed by atoms with van der Waals surface area (Å²) in [5.74, 6) is 1.82. The number of oxime groups is 1. The molecule has 2 atom stereocenters. The topological polar surface area (TPSA) is 52.9 Å². The lowest BCUT2D eigenvalue weighted by Crippen LogP contribution is -2.39. The van der Waals surface area contributed by atoms with E-state index < -0.39 is 0 Å². The number of nitrogens with zero attached hydrogens (tertiary/aromatic N) is 2. The van der Waals surface area contributed by atoms with Crippen LogP contribution < -0.4 is 4.90 Å². The number of carbonyl (C=O) groups is 1. The fourth-order valence-electron chi connectivity index (χ4n) is 4.13. The van der Waals surface area contributed by atoms with E-state index in [2.05, 4.69) is 5.16 Å². The Balaban J connectivity index is 1.65. The van der Waals surface area contributed by atoms with Crippen molar-refractivity contribution < 1.29 is 10.0 Å². The summed E-state index contributed by atoms with van der Waals surface area (Å²) >= 11 is 0. The first-order valence-electron chi connectivity index (χ1n) is 7.43. The van der Waals surface area contributed by atoms with Gasteiger partial charge in [-0.25, -0.2) is 0 Å². The highest BCUT2D eigenvalue weighted by Gasteiger charge is 2.57. The number of carbonyl (C=O) groups excluding carboxylic acids is 1. The maximum Gasteiger partial charge on any atom is 0.230 e. The van der Waals surface area contributed by atoms with Gasteiger partial charge in [-0.05, 0) is 30.7 Å². The molecule has 1 heterocycles. The molecule has 2 fully saturated rings. The standard InChI is InChI=1S/C16H18N2O2/c19-16(15-10-5-3-6-11(10)15)18-9-8-13(17-20)12-4-1-2-7-14(12)18/h1-2,4,7,10-11,15,20H,3,5-6,8-9H2/b17-13-. The first kappa shape index (κ1) is 11.9. The van der Waals surface area contributed by atoms with Gasteiger partial charge in [-0.3, -0.25) is 4.79 Å². The number of hydrogen-bond acceptors (Lipinski definition) is 3. The monoisotopic (exact) mass is 270 g/mol. The van der Waals surface area contributed by atoms with Gasteiger partial charge in [0.2, 0.25) is 5.91 Å². The Kier molecular flexibility index (Phi) is 2.59. The summed E-state index contributed by atoms with van der Waals surface area (Å²) in [6.07, 6.45) is 4.36. The van der Waals surface area contributed by atoms with Crippen molar-refractivity contribution in [3.63, 3.8) is 0 Å². The van der Waals surface area contributed by atoms with E-state index in [0.717, 1.165) is 11.3 Å². The third-order valence-electron chi connectivity index (χ3n) is 5.16. The van der Waals surface area contributed by atoms with Gasteiger partial charge in [-0.15, -0.1) is 0 Å². The van der Waals surface area contributed by atoms with E-state index in [9.17, 15) is 4.79 Å². The van der Waals surface area contributed by atoms with E-state index in [1.54, 1.807) is 0 Å². The fraction of sp³-hybridized carbons (Fsp3) is 0.500. The maximum atomic E-state index is 12.8. The van der Waals surface area contributed by atoms with Gasteiger partial charge < -0.3 is 10.1 Å². The molecule has 4 nitrogen and oxygen atoms in total. The molecule has 20 heavy (non-hydrogen) atoms. The molecule has 104 valence electrons. The quantitative estimate of drug-likeness (QED) is 0.630. The molecule has 4 heteroatoms. The predicted molar refractivity (Wildman–Crippen MR) is 76.1 cm³/mol. The van der Waals surface area contributed by atoms with Crippen molar-refractivity contribution in [2.45, 2.75) is 25.7 Å². The van der Waals surface area contributed by atoms with Gasteiger partial charge in [0.15, 0.2) is 0 Å². The Morgan fingerprint density at radius 3 is 2.75 bits per heavy atom. The van der Waals surface area contributed by atoms with Crippen LogP contribution in [-0.4, -0.2) is 23.4 Å². The van der Waals surface area contributed by atoms with E-state index in [-0.39, 0.29) is 11.8 Å². The van der Waals surface area contributed by atoms with Crippen LogP contribution in [0.2, 0.25) is 0 Å². The highest BCUT2D eigenvalue weighted by Crippen LogP contribution is 2.58. The number of anilines is 1. The summed E-state index contributed by atoms with van der Waals surface area (Å²) in [5.41, 5.74) is 2.47. The third-order valence-corrected chi connectivity index (χ3v) is 5.16. The lowest BCUT2D eigenvalue weighted by molar-refractivity contribution is -0.120. The number of amides is 1. The van der Waals surface area contributed by atoms with Gasteiger partial charge in [0.25, 0.3) is 0 Å². The molecule has 1 aliphatic heterocycles. The van der Waals surface area contributed by atoms with Crippen LogP contribution in [0.5, 0.6) is 0 Å². The predicted octanol–water partition coefficient (Wildman–Crippen LogP) is 2.65. The highest BCUT2D eigenvalue weighted by atomic mass is 16.4. The highest BCUT2D eigenvalue weighted by molar-refractivity contribution is 6.11. The molecular weight excluding hydrogens is 252 g/mol. The van der Waals surface area contributed by atoms with Crippen molar-refractivity contribution in [1.82, 2.24) is 0 Å². The Morgan fingerprint density at radius 2 is 2.00 bits per heavy atom. The fourth-order valence-corrected chi connectivity index (χ4v) is 4.13. The molecule has 0 bridgehead atoms. The van der Waals surface area contributed by atoms with E-state index in [1.807, 2.05) is 29.2 Å². The Bertz CT molecular complexity index is 586. The molecule has 0 spiro atoms. The van der Waals surface area contributed by atoms with Gasteiger partial charge in [-0.2, -0.15) is 0 Å². The van der Waals surface area contributed by atoms with Gasteiger partial charge in [0.1, 0.15) is 0 Å². The Morgan fingerprint density at radius 1 is 1.25 bits per heavy atom. The van der Waals surface area contributed by atoms with Crippen LogP contribution in [0.15, 0.2) is 29.4 Å². The maximum absolute atomic E-state index is 12.8. The summed E-state index contributed by atoms with van der Waals surface area (Å²) < 4.78 is 0. The number of fused-ring (bicyclic) bond motifs is 2. The van der Waals surface area contributed by atoms with Gasteiger partial charge in [0, 0.05) is 24.4 Å². The van der Waals surface area contributed by atoms with Crippen LogP contribution in [0.1, 0.15) is 31.2 Å². The average Bonchev–Trinajstić information content (AvgIpc) is 2.97. The molecule has 2 unspecified atom stereocenters. The minimum absolute atomic E-state index is 0.254. The second kappa shape index (κ2) is 4.33. The largest absolute Gasteiger partial charge is 0.411 e. The molecule has 2 saturated carbocycles. The van der Waals surface area contributed by atoms with E-state index in [1.165, 1.54) is 19.3 Å². The van der Waals surface area contributed by atoms with Crippen LogP contribution in [-0.2, 0) is 4.79 Å². The lowest BCUT2D eigenvalue weighted by atomic mass is 9.98. The van der Waals surface area contributed by atoms with Gasteiger partial charge >= 0.3 is 0 Å². The summed E-state index contributed by atoms with van der Waals surface area (Å²) in [5, 5.41) is 12.5. The lowest BCUT2D eigenvalue weighted by Gasteiger charge is -2.30. The smallest absolute Gasteiger partial charge is 0.230 e. The molecule has 1 aromatic rings. The first-order valence-corrected chi connectivity index (χ1v) is 7.43. The Labute approximate surface area is 118 Å². The minimum atomic E-state index is 0.254. The van der Waals surface area contributed by atoms with Crippen molar-refractivity contribution >= 4 is 17.3 Å². The van der Waals surface area contributed by atoms with Crippen molar-refractivity contribution in [1.29, 1.82) is 0 Å². The molecule has 3 aliphatic rings. The summed E-state index contributed by atoms with van der Waals surface area (Å²) in [7, 11) is 0. The molecule has 1 N–H and O–H groups in total. The Hall–Kier alpha value is -1.84. The molecular formula is C16H18N2O2. The molecule has 0 aromatic heterocycles. The zero-order valence-corrected chi connectivity index (χ0v) is 11.3. The summed E-state index contributed by atoms with van der Waals surface area (Å²) in [6, 6.07) is 7.74. The minimum Gasteiger partial charge on any atom is -0.411 e. The number of para-hydroxylation sites is 1. The second-order valence-electron chi connectivity index (χ2n) is 6.09. The number of benzene rings is 1. The van der Waals surface area contributed by atoms with Crippen LogP contribution in [0.3, 0.4) is 0 Å². The normalized spacial score (nSPS) is 32.9. The van der Waals surface area contributed by atoms with Crippen LogP contribution in [0, 0.1) is 17.8 Å². The molecule has 4 rings (SSSR count). The third kappa shape index (κ3) is 1.60. The van der Waals surface area contributed by atoms with E-state index in [0.29, 0.717) is 30.5 Å². The van der Waals surface area contributed by atoms with E-state index >= 15 is 0 Å². The van der Waals surface area contributed by atoms with E-state index in [4.69, 9.17) is 5.21 Å².